The van der Waals surface area contributed by atoms with Crippen LogP contribution in [0.2, 0.25) is 10.0 Å². The Balaban J connectivity index is 1.53. The summed E-state index contributed by atoms with van der Waals surface area (Å²) in [5, 5.41) is 10.8. The third kappa shape index (κ3) is 5.00. The second kappa shape index (κ2) is 8.25. The summed E-state index contributed by atoms with van der Waals surface area (Å²) in [6.45, 7) is 2.46. The van der Waals surface area contributed by atoms with Gasteiger partial charge in [-0.25, -0.2) is 0 Å². The Kier molecular flexibility index (Phi) is 5.81. The van der Waals surface area contributed by atoms with Gasteiger partial charge in [0, 0.05) is 18.3 Å². The minimum atomic E-state index is -0.118. The first-order chi connectivity index (χ1) is 12.5. The largest absolute Gasteiger partial charge is 0.363 e. The van der Waals surface area contributed by atoms with E-state index in [4.69, 9.17) is 27.7 Å². The lowest BCUT2D eigenvalue weighted by atomic mass is 10.1. The van der Waals surface area contributed by atoms with Crippen molar-refractivity contribution in [3.05, 3.63) is 75.5 Å². The van der Waals surface area contributed by atoms with E-state index in [2.05, 4.69) is 15.8 Å². The van der Waals surface area contributed by atoms with Crippen LogP contribution in [0.5, 0.6) is 0 Å². The van der Waals surface area contributed by atoms with Crippen LogP contribution in [0.4, 0.5) is 11.5 Å². The summed E-state index contributed by atoms with van der Waals surface area (Å²) in [6, 6.07) is 14.6. The Morgan fingerprint density at radius 2 is 1.77 bits per heavy atom. The highest BCUT2D eigenvalue weighted by atomic mass is 35.5. The van der Waals surface area contributed by atoms with Crippen LogP contribution < -0.4 is 10.6 Å². The topological polar surface area (TPSA) is 67.2 Å². The first-order valence-electron chi connectivity index (χ1n) is 7.99. The molecule has 2 N–H and O–H groups in total. The van der Waals surface area contributed by atoms with Gasteiger partial charge >= 0.3 is 0 Å². The Labute approximate surface area is 161 Å². The van der Waals surface area contributed by atoms with E-state index in [1.54, 1.807) is 18.2 Å². The van der Waals surface area contributed by atoms with Crippen LogP contribution in [-0.4, -0.2) is 11.1 Å². The summed E-state index contributed by atoms with van der Waals surface area (Å²) in [6.07, 6.45) is 0.228. The van der Waals surface area contributed by atoms with Crippen molar-refractivity contribution in [1.29, 1.82) is 0 Å². The minimum Gasteiger partial charge on any atom is -0.363 e. The summed E-state index contributed by atoms with van der Waals surface area (Å²) in [5.41, 5.74) is 2.60. The highest BCUT2D eigenvalue weighted by Gasteiger charge is 2.07. The molecule has 3 rings (SSSR count). The first kappa shape index (κ1) is 18.3. The molecule has 0 aliphatic carbocycles. The number of rotatable bonds is 6. The molecule has 0 aliphatic rings. The number of carbonyl (C=O) groups is 1. The highest BCUT2D eigenvalue weighted by Crippen LogP contribution is 2.23. The van der Waals surface area contributed by atoms with E-state index in [1.807, 2.05) is 37.3 Å². The molecule has 1 heterocycles. The standard InChI is InChI=1S/C19H17Cl2N3O2/c1-12-8-18(24-26-12)22-11-13-2-5-15(6-3-13)23-19(25)10-14-4-7-16(20)17(21)9-14/h2-9H,10-11H2,1H3,(H,22,24)(H,23,25). The number of anilines is 2. The van der Waals surface area contributed by atoms with E-state index in [1.165, 1.54) is 0 Å². The second-order valence-corrected chi connectivity index (χ2v) is 6.66. The van der Waals surface area contributed by atoms with E-state index in [9.17, 15) is 4.79 Å². The van der Waals surface area contributed by atoms with Gasteiger partial charge in [-0.1, -0.05) is 46.6 Å². The van der Waals surface area contributed by atoms with E-state index in [0.717, 1.165) is 22.6 Å². The molecule has 0 radical (unpaired) electrons. The lowest BCUT2D eigenvalue weighted by Crippen LogP contribution is -2.14. The maximum atomic E-state index is 12.2. The molecular formula is C19H17Cl2N3O2. The van der Waals surface area contributed by atoms with Gasteiger partial charge in [0.1, 0.15) is 5.76 Å². The van der Waals surface area contributed by atoms with Crippen molar-refractivity contribution in [3.8, 4) is 0 Å². The molecular weight excluding hydrogens is 373 g/mol. The third-order valence-electron chi connectivity index (χ3n) is 3.69. The average molecular weight is 390 g/mol. The van der Waals surface area contributed by atoms with Gasteiger partial charge in [-0.05, 0) is 42.3 Å². The van der Waals surface area contributed by atoms with Crippen LogP contribution in [0.25, 0.3) is 0 Å². The van der Waals surface area contributed by atoms with Crippen molar-refractivity contribution in [2.24, 2.45) is 0 Å². The predicted octanol–water partition coefficient (Wildman–Crippen LogP) is 5.08. The number of benzene rings is 2. The molecule has 0 bridgehead atoms. The van der Waals surface area contributed by atoms with Crippen LogP contribution in [0.3, 0.4) is 0 Å². The molecule has 7 heteroatoms. The zero-order valence-corrected chi connectivity index (χ0v) is 15.6. The monoisotopic (exact) mass is 389 g/mol. The summed E-state index contributed by atoms with van der Waals surface area (Å²) in [5.74, 6) is 1.33. The third-order valence-corrected chi connectivity index (χ3v) is 4.43. The molecule has 1 amide bonds. The number of aromatic nitrogens is 1. The molecule has 134 valence electrons. The summed E-state index contributed by atoms with van der Waals surface area (Å²) >= 11 is 11.9. The zero-order valence-electron chi connectivity index (χ0n) is 14.1. The average Bonchev–Trinajstić information content (AvgIpc) is 3.03. The van der Waals surface area contributed by atoms with E-state index in [-0.39, 0.29) is 12.3 Å². The Morgan fingerprint density at radius 1 is 1.04 bits per heavy atom. The van der Waals surface area contributed by atoms with Gasteiger partial charge in [0.05, 0.1) is 16.5 Å². The molecule has 3 aromatic rings. The summed E-state index contributed by atoms with van der Waals surface area (Å²) in [4.78, 5) is 12.2. The van der Waals surface area contributed by atoms with Crippen molar-refractivity contribution in [2.75, 3.05) is 10.6 Å². The van der Waals surface area contributed by atoms with Crippen molar-refractivity contribution in [3.63, 3.8) is 0 Å². The summed E-state index contributed by atoms with van der Waals surface area (Å²) < 4.78 is 5.00. The number of halogens is 2. The van der Waals surface area contributed by atoms with Crippen LogP contribution in [0.15, 0.2) is 53.1 Å². The molecule has 2 aromatic carbocycles. The van der Waals surface area contributed by atoms with E-state index < -0.39 is 0 Å². The maximum Gasteiger partial charge on any atom is 0.228 e. The lowest BCUT2D eigenvalue weighted by Gasteiger charge is -2.08. The number of carbonyl (C=O) groups excluding carboxylic acids is 1. The van der Waals surface area contributed by atoms with Crippen molar-refractivity contribution >= 4 is 40.6 Å². The fraction of sp³-hybridized carbons (Fsp3) is 0.158. The maximum absolute atomic E-state index is 12.2. The Morgan fingerprint density at radius 3 is 2.42 bits per heavy atom. The van der Waals surface area contributed by atoms with Crippen LogP contribution in [0.1, 0.15) is 16.9 Å². The molecule has 0 atom stereocenters. The predicted molar refractivity (Wildman–Crippen MR) is 104 cm³/mol. The van der Waals surface area contributed by atoms with Crippen LogP contribution >= 0.6 is 23.2 Å². The van der Waals surface area contributed by atoms with Gasteiger partial charge < -0.3 is 15.2 Å². The molecule has 1 aromatic heterocycles. The normalized spacial score (nSPS) is 10.6. The van der Waals surface area contributed by atoms with E-state index in [0.29, 0.717) is 22.4 Å². The fourth-order valence-corrected chi connectivity index (χ4v) is 2.71. The van der Waals surface area contributed by atoms with Crippen LogP contribution in [0, 0.1) is 6.92 Å². The summed E-state index contributed by atoms with van der Waals surface area (Å²) in [7, 11) is 0. The number of aryl methyl sites for hydroxylation is 1. The second-order valence-electron chi connectivity index (χ2n) is 5.85. The molecule has 0 saturated carbocycles. The molecule has 0 saturated heterocycles. The van der Waals surface area contributed by atoms with Crippen molar-refractivity contribution < 1.29 is 9.32 Å². The first-order valence-corrected chi connectivity index (χ1v) is 8.75. The van der Waals surface area contributed by atoms with Gasteiger partial charge in [0.2, 0.25) is 5.91 Å². The molecule has 0 unspecified atom stereocenters. The zero-order chi connectivity index (χ0) is 18.5. The lowest BCUT2D eigenvalue weighted by molar-refractivity contribution is -0.115. The molecule has 26 heavy (non-hydrogen) atoms. The molecule has 5 nitrogen and oxygen atoms in total. The van der Waals surface area contributed by atoms with Gasteiger partial charge in [0.25, 0.3) is 0 Å². The number of nitrogens with one attached hydrogen (secondary N) is 2. The van der Waals surface area contributed by atoms with Gasteiger partial charge in [-0.3, -0.25) is 4.79 Å². The van der Waals surface area contributed by atoms with Crippen LogP contribution in [-0.2, 0) is 17.8 Å². The number of hydrogen-bond acceptors (Lipinski definition) is 4. The molecule has 0 spiro atoms. The van der Waals surface area contributed by atoms with Crippen molar-refractivity contribution in [2.45, 2.75) is 19.9 Å². The quantitative estimate of drug-likeness (QED) is 0.616. The number of nitrogens with zero attached hydrogens (tertiary/aromatic N) is 1. The van der Waals surface area contributed by atoms with Crippen molar-refractivity contribution in [1.82, 2.24) is 5.16 Å². The molecule has 0 fully saturated rings. The fourth-order valence-electron chi connectivity index (χ4n) is 2.39. The smallest absolute Gasteiger partial charge is 0.228 e. The Hall–Kier alpha value is -2.50. The highest BCUT2D eigenvalue weighted by molar-refractivity contribution is 6.42. The SMILES string of the molecule is Cc1cc(NCc2ccc(NC(=O)Cc3ccc(Cl)c(Cl)c3)cc2)no1. The number of hydrogen-bond donors (Lipinski definition) is 2. The van der Waals surface area contributed by atoms with Gasteiger partial charge in [-0.15, -0.1) is 0 Å². The van der Waals surface area contributed by atoms with Gasteiger partial charge in [-0.2, -0.15) is 0 Å². The molecule has 0 aliphatic heterocycles. The Bertz CT molecular complexity index is 907. The van der Waals surface area contributed by atoms with Gasteiger partial charge in [0.15, 0.2) is 5.82 Å². The minimum absolute atomic E-state index is 0.118. The number of amides is 1. The van der Waals surface area contributed by atoms with E-state index >= 15 is 0 Å².